The number of anilines is 2. The van der Waals surface area contributed by atoms with E-state index in [1.54, 1.807) is 0 Å². The van der Waals surface area contributed by atoms with Gasteiger partial charge in [0.2, 0.25) is 30.8 Å². The molecular weight excluding hydrogens is 806 g/mol. The summed E-state index contributed by atoms with van der Waals surface area (Å²) >= 11 is 7.56. The van der Waals surface area contributed by atoms with Gasteiger partial charge in [0.15, 0.2) is 0 Å². The zero-order valence-corrected chi connectivity index (χ0v) is 35.4. The van der Waals surface area contributed by atoms with Crippen molar-refractivity contribution in [2.75, 3.05) is 72.6 Å². The number of nitrogens with zero attached hydrogens (tertiary/aromatic N) is 7. The second kappa shape index (κ2) is 18.8. The van der Waals surface area contributed by atoms with Gasteiger partial charge < -0.3 is 29.7 Å². The van der Waals surface area contributed by atoms with Crippen molar-refractivity contribution >= 4 is 82.6 Å². The van der Waals surface area contributed by atoms with Crippen LogP contribution in [-0.4, -0.2) is 120 Å². The number of amides is 4. The van der Waals surface area contributed by atoms with Gasteiger partial charge in [-0.05, 0) is 62.4 Å². The highest BCUT2D eigenvalue weighted by Gasteiger charge is 2.23. The van der Waals surface area contributed by atoms with E-state index >= 15 is 0 Å². The Balaban J connectivity index is 0.000000249. The summed E-state index contributed by atoms with van der Waals surface area (Å²) in [4.78, 5) is 29.2. The maximum atomic E-state index is 12.3. The second-order valence-electron chi connectivity index (χ2n) is 12.3. The third kappa shape index (κ3) is 10.3. The second-order valence-corrected chi connectivity index (χ2v) is 18.1. The number of para-hydroxylation sites is 1. The molecule has 1 aliphatic heterocycles. The van der Waals surface area contributed by atoms with E-state index in [4.69, 9.17) is 16.3 Å². The molecule has 1 aliphatic rings. The number of hydrazone groups is 1. The number of sulfonamides is 2. The molecule has 2 heterocycles. The number of likely N-dealkylation sites (N-methyl/N-ethyl adjacent to an activating group) is 2. The number of hydrogen-bond donors (Lipinski definition) is 4. The predicted molar refractivity (Wildman–Crippen MR) is 219 cm³/mol. The first-order valence-corrected chi connectivity index (χ1v) is 21.1. The van der Waals surface area contributed by atoms with Gasteiger partial charge in [-0.3, -0.25) is 0 Å². The van der Waals surface area contributed by atoms with Crippen molar-refractivity contribution in [3.05, 3.63) is 70.5 Å². The largest absolute Gasteiger partial charge is 0.495 e. The summed E-state index contributed by atoms with van der Waals surface area (Å²) in [5, 5.41) is 13.7. The number of carbonyl (C=O) groups excluding carboxylic acids is 2. The van der Waals surface area contributed by atoms with Crippen LogP contribution in [0.1, 0.15) is 13.8 Å². The topological polar surface area (TPSA) is 202 Å². The highest BCUT2D eigenvalue weighted by Crippen LogP contribution is 2.29. The molecule has 4 aromatic rings. The molecule has 4 amide bonds. The van der Waals surface area contributed by atoms with Gasteiger partial charge in [0, 0.05) is 61.4 Å². The van der Waals surface area contributed by atoms with Crippen LogP contribution < -0.4 is 31.0 Å². The molecule has 1 aromatic heterocycles. The molecule has 0 spiro atoms. The zero-order valence-electron chi connectivity index (χ0n) is 32.2. The Labute approximate surface area is 335 Å². The molecule has 3 aromatic carbocycles. The summed E-state index contributed by atoms with van der Waals surface area (Å²) in [7, 11) is 1.77. The van der Waals surface area contributed by atoms with Gasteiger partial charge in [0.25, 0.3) is 0 Å². The van der Waals surface area contributed by atoms with Crippen LogP contribution in [0.3, 0.4) is 0 Å². The first-order chi connectivity index (χ1) is 26.4. The van der Waals surface area contributed by atoms with Gasteiger partial charge in [-0.15, -0.1) is 10.2 Å². The van der Waals surface area contributed by atoms with Crippen molar-refractivity contribution in [1.29, 1.82) is 0 Å². The first-order valence-electron chi connectivity index (χ1n) is 17.1. The summed E-state index contributed by atoms with van der Waals surface area (Å²) in [6.07, 6.45) is 0. The lowest BCUT2D eigenvalue weighted by Crippen LogP contribution is -2.35. The number of thiazole rings is 1. The van der Waals surface area contributed by atoms with Crippen LogP contribution in [0.4, 0.5) is 21.0 Å². The van der Waals surface area contributed by atoms with Crippen molar-refractivity contribution in [3.8, 4) is 5.75 Å². The van der Waals surface area contributed by atoms with E-state index in [0.29, 0.717) is 23.1 Å². The fraction of sp³-hybridized carbons (Fsp3) is 0.353. The minimum absolute atomic E-state index is 0.0208. The fourth-order valence-electron chi connectivity index (χ4n) is 5.21. The highest BCUT2D eigenvalue weighted by molar-refractivity contribution is 7.89. The molecule has 22 heteroatoms. The van der Waals surface area contributed by atoms with Gasteiger partial charge in [-0.25, -0.2) is 45.9 Å². The molecule has 4 N–H and O–H groups in total. The number of methoxy groups -OCH3 is 1. The standard InChI is InChI=1S/C18H20ClN5O3S2.C16H26N6O4S/c1-4-24-15-7-5-6-8-16(15)28-18(24)22-21-17(25)20-14-11-12(9-10-13(14)19)29(26,27)23(2)3;1-6-22-10-9-21(4)16(22)19-18-15(23)17-13-11-12(7-8-14(13)26-5)27(24,25)20(2)3/h5-11H,4H2,1-3H3,(H2,20,21,25);7-8,11H,6,9-10H2,1-5H3,(H2,17,18,23)/b22-18+;19-16-. The van der Waals surface area contributed by atoms with E-state index in [9.17, 15) is 26.4 Å². The van der Waals surface area contributed by atoms with E-state index in [-0.39, 0.29) is 26.2 Å². The number of urea groups is 2. The number of rotatable bonds is 11. The Kier molecular flexibility index (Phi) is 14.7. The number of aromatic nitrogens is 1. The highest BCUT2D eigenvalue weighted by atomic mass is 35.5. The van der Waals surface area contributed by atoms with E-state index in [1.165, 1.54) is 83.0 Å². The number of benzene rings is 3. The van der Waals surface area contributed by atoms with Crippen LogP contribution in [-0.2, 0) is 26.6 Å². The summed E-state index contributed by atoms with van der Waals surface area (Å²) < 4.78 is 59.6. The fourth-order valence-corrected chi connectivity index (χ4v) is 8.28. The predicted octanol–water partition coefficient (Wildman–Crippen LogP) is 3.87. The average molecular weight is 852 g/mol. The minimum Gasteiger partial charge on any atom is -0.495 e. The van der Waals surface area contributed by atoms with Crippen molar-refractivity contribution in [1.82, 2.24) is 33.8 Å². The molecule has 0 radical (unpaired) electrons. The van der Waals surface area contributed by atoms with E-state index in [1.807, 2.05) is 59.5 Å². The van der Waals surface area contributed by atoms with Crippen LogP contribution in [0.25, 0.3) is 10.2 Å². The van der Waals surface area contributed by atoms with Crippen LogP contribution in [0.5, 0.6) is 5.75 Å². The Bertz CT molecular complexity index is 2380. The molecule has 0 bridgehead atoms. The minimum atomic E-state index is -3.65. The van der Waals surface area contributed by atoms with E-state index in [2.05, 4.69) is 31.7 Å². The summed E-state index contributed by atoms with van der Waals surface area (Å²) in [6.45, 7) is 7.15. The number of aryl methyl sites for hydroxylation is 1. The molecule has 56 heavy (non-hydrogen) atoms. The van der Waals surface area contributed by atoms with Gasteiger partial charge in [-0.1, -0.05) is 35.1 Å². The van der Waals surface area contributed by atoms with Crippen molar-refractivity contribution in [3.63, 3.8) is 0 Å². The number of carbonyl (C=O) groups is 2. The van der Waals surface area contributed by atoms with Crippen LogP contribution in [0.15, 0.2) is 80.7 Å². The number of guanidine groups is 1. The monoisotopic (exact) mass is 851 g/mol. The number of nitrogens with one attached hydrogen (secondary N) is 4. The Morgan fingerprint density at radius 3 is 1.98 bits per heavy atom. The summed E-state index contributed by atoms with van der Waals surface area (Å²) in [5.74, 6) is 1.01. The van der Waals surface area contributed by atoms with Crippen LogP contribution >= 0.6 is 22.9 Å². The molecular formula is C34H46ClN11O7S3. The van der Waals surface area contributed by atoms with Crippen molar-refractivity contribution in [2.24, 2.45) is 10.2 Å². The normalized spacial score (nSPS) is 14.3. The lowest BCUT2D eigenvalue weighted by molar-refractivity contribution is 0.251. The molecule has 1 fully saturated rings. The average Bonchev–Trinajstić information content (AvgIpc) is 3.72. The van der Waals surface area contributed by atoms with Crippen LogP contribution in [0.2, 0.25) is 5.02 Å². The van der Waals surface area contributed by atoms with Crippen molar-refractivity contribution in [2.45, 2.75) is 30.2 Å². The molecule has 1 saturated heterocycles. The van der Waals surface area contributed by atoms with E-state index < -0.39 is 32.1 Å². The molecule has 5 rings (SSSR count). The third-order valence-electron chi connectivity index (χ3n) is 8.29. The molecule has 0 unspecified atom stereocenters. The number of halogens is 1. The Morgan fingerprint density at radius 1 is 0.821 bits per heavy atom. The van der Waals surface area contributed by atoms with Gasteiger partial charge in [0.05, 0.1) is 43.5 Å². The zero-order chi connectivity index (χ0) is 41.4. The van der Waals surface area contributed by atoms with Crippen molar-refractivity contribution < 1.29 is 31.2 Å². The molecule has 0 atom stereocenters. The quantitative estimate of drug-likeness (QED) is 0.162. The molecule has 304 valence electrons. The Morgan fingerprint density at radius 2 is 1.39 bits per heavy atom. The summed E-state index contributed by atoms with van der Waals surface area (Å²) in [6, 6.07) is 15.0. The molecule has 18 nitrogen and oxygen atoms in total. The molecule has 0 aliphatic carbocycles. The maximum absolute atomic E-state index is 12.3. The molecule has 0 saturated carbocycles. The van der Waals surface area contributed by atoms with Gasteiger partial charge >= 0.3 is 12.1 Å². The summed E-state index contributed by atoms with van der Waals surface area (Å²) in [5.41, 5.74) is 6.31. The Hall–Kier alpha value is -4.93. The third-order valence-corrected chi connectivity index (χ3v) is 13.3. The lowest BCUT2D eigenvalue weighted by atomic mass is 10.3. The SMILES string of the molecule is CCN1CCN(C)/C1=N/NC(=O)Nc1cc(S(=O)(=O)N(C)C)ccc1OC.CCn1/c(=N\NC(=O)Nc2cc(S(=O)(=O)N(C)C)ccc2Cl)sc2ccccc21. The van der Waals surface area contributed by atoms with E-state index in [0.717, 1.165) is 38.5 Å². The van der Waals surface area contributed by atoms with Gasteiger partial charge in [0.1, 0.15) is 5.75 Å². The van der Waals surface area contributed by atoms with Crippen LogP contribution in [0, 0.1) is 0 Å². The maximum Gasteiger partial charge on any atom is 0.339 e. The number of ether oxygens (including phenoxy) is 1. The smallest absolute Gasteiger partial charge is 0.339 e. The first kappa shape index (κ1) is 43.8. The number of hydrogen-bond acceptors (Lipinski definition) is 10. The van der Waals surface area contributed by atoms with Gasteiger partial charge in [-0.2, -0.15) is 0 Å². The number of fused-ring (bicyclic) bond motifs is 1. The lowest BCUT2D eigenvalue weighted by Gasteiger charge is -2.18.